The number of hydrogen-bond acceptors (Lipinski definition) is 3. The third-order valence-corrected chi connectivity index (χ3v) is 5.66. The van der Waals surface area contributed by atoms with E-state index in [1.165, 1.54) is 12.1 Å². The summed E-state index contributed by atoms with van der Waals surface area (Å²) < 4.78 is 13.3. The number of rotatable bonds is 7. The Kier molecular flexibility index (Phi) is 6.77. The van der Waals surface area contributed by atoms with Crippen molar-refractivity contribution < 1.29 is 14.0 Å². The first-order valence-electron chi connectivity index (χ1n) is 10.1. The third kappa shape index (κ3) is 4.71. The summed E-state index contributed by atoms with van der Waals surface area (Å²) in [7, 11) is 0. The number of amides is 1. The summed E-state index contributed by atoms with van der Waals surface area (Å²) in [6.45, 7) is 2.76. The van der Waals surface area contributed by atoms with E-state index in [9.17, 15) is 19.2 Å². The van der Waals surface area contributed by atoms with E-state index in [0.29, 0.717) is 24.2 Å². The first kappa shape index (κ1) is 20.7. The number of carbonyl (C=O) groups excluding carboxylic acids is 2. The standard InChI is InChI=1S/C24H25FN2O2/c1-2-27(16-20(11-12-28)18-7-9-21(25)10-8-18)24(29)23-14-17(15-26)13-19-5-3-4-6-22(19)23/h7-10,12-14,20H,2-6,11,16H2,1H3. The fourth-order valence-electron chi connectivity index (χ4n) is 4.08. The van der Waals surface area contributed by atoms with Crippen LogP contribution < -0.4 is 0 Å². The summed E-state index contributed by atoms with van der Waals surface area (Å²) in [4.78, 5) is 26.4. The van der Waals surface area contributed by atoms with Crippen LogP contribution >= 0.6 is 0 Å². The maximum absolute atomic E-state index is 13.4. The van der Waals surface area contributed by atoms with Gasteiger partial charge >= 0.3 is 0 Å². The number of aryl methyl sites for hydroxylation is 1. The molecule has 2 aromatic carbocycles. The second-order valence-electron chi connectivity index (χ2n) is 7.48. The lowest BCUT2D eigenvalue weighted by Gasteiger charge is -2.28. The average molecular weight is 392 g/mol. The summed E-state index contributed by atoms with van der Waals surface area (Å²) >= 11 is 0. The van der Waals surface area contributed by atoms with Crippen molar-refractivity contribution in [2.24, 2.45) is 0 Å². The lowest BCUT2D eigenvalue weighted by molar-refractivity contribution is -0.108. The molecule has 1 unspecified atom stereocenters. The van der Waals surface area contributed by atoms with Gasteiger partial charge in [0, 0.05) is 31.0 Å². The number of nitrogens with zero attached hydrogens (tertiary/aromatic N) is 2. The molecule has 1 aliphatic carbocycles. The van der Waals surface area contributed by atoms with Crippen molar-refractivity contribution in [3.63, 3.8) is 0 Å². The minimum Gasteiger partial charge on any atom is -0.338 e. The molecule has 5 heteroatoms. The maximum Gasteiger partial charge on any atom is 0.254 e. The zero-order chi connectivity index (χ0) is 20.8. The highest BCUT2D eigenvalue weighted by molar-refractivity contribution is 5.96. The number of fused-ring (bicyclic) bond motifs is 1. The van der Waals surface area contributed by atoms with Crippen LogP contribution in [0.5, 0.6) is 0 Å². The molecule has 0 aliphatic heterocycles. The molecule has 150 valence electrons. The molecular formula is C24H25FN2O2. The molecule has 0 fully saturated rings. The maximum atomic E-state index is 13.4. The van der Waals surface area contributed by atoms with Crippen LogP contribution in [-0.4, -0.2) is 30.2 Å². The molecule has 29 heavy (non-hydrogen) atoms. The van der Waals surface area contributed by atoms with Gasteiger partial charge in [0.05, 0.1) is 11.6 Å². The molecule has 1 aliphatic rings. The van der Waals surface area contributed by atoms with Gasteiger partial charge in [-0.2, -0.15) is 5.26 Å². The molecule has 0 radical (unpaired) electrons. The molecule has 0 heterocycles. The Morgan fingerprint density at radius 2 is 1.97 bits per heavy atom. The van der Waals surface area contributed by atoms with Crippen LogP contribution in [0.4, 0.5) is 4.39 Å². The van der Waals surface area contributed by atoms with Crippen molar-refractivity contribution in [3.05, 3.63) is 70.0 Å². The largest absolute Gasteiger partial charge is 0.338 e. The SMILES string of the molecule is CCN(CC(CC=O)c1ccc(F)cc1)C(=O)c1cc(C#N)cc2c1CCCC2. The van der Waals surface area contributed by atoms with E-state index in [1.54, 1.807) is 23.1 Å². The van der Waals surface area contributed by atoms with Gasteiger partial charge in [-0.05, 0) is 73.6 Å². The van der Waals surface area contributed by atoms with Gasteiger partial charge in [0.1, 0.15) is 12.1 Å². The quantitative estimate of drug-likeness (QED) is 0.656. The lowest BCUT2D eigenvalue weighted by atomic mass is 9.86. The number of hydrogen-bond donors (Lipinski definition) is 0. The zero-order valence-electron chi connectivity index (χ0n) is 16.7. The van der Waals surface area contributed by atoms with Crippen LogP contribution in [0, 0.1) is 17.1 Å². The van der Waals surface area contributed by atoms with Gasteiger partial charge < -0.3 is 9.69 Å². The fourth-order valence-corrected chi connectivity index (χ4v) is 4.08. The van der Waals surface area contributed by atoms with E-state index in [0.717, 1.165) is 48.7 Å². The number of benzene rings is 2. The van der Waals surface area contributed by atoms with E-state index in [4.69, 9.17) is 0 Å². The molecule has 0 aromatic heterocycles. The fraction of sp³-hybridized carbons (Fsp3) is 0.375. The number of carbonyl (C=O) groups is 2. The average Bonchev–Trinajstić information content (AvgIpc) is 2.76. The molecule has 0 N–H and O–H groups in total. The van der Waals surface area contributed by atoms with Gasteiger partial charge in [0.25, 0.3) is 5.91 Å². The topological polar surface area (TPSA) is 61.2 Å². The third-order valence-electron chi connectivity index (χ3n) is 5.66. The minimum atomic E-state index is -0.332. The molecule has 3 rings (SSSR count). The predicted octanol–water partition coefficient (Wildman–Crippen LogP) is 4.41. The Balaban J connectivity index is 1.91. The second-order valence-corrected chi connectivity index (χ2v) is 7.48. The number of likely N-dealkylation sites (N-methyl/N-ethyl adjacent to an activating group) is 1. The van der Waals surface area contributed by atoms with Gasteiger partial charge in [-0.1, -0.05) is 12.1 Å². The van der Waals surface area contributed by atoms with Crippen molar-refractivity contribution in [2.45, 2.75) is 44.9 Å². The summed E-state index contributed by atoms with van der Waals surface area (Å²) in [5.74, 6) is -0.644. The molecule has 2 aromatic rings. The first-order chi connectivity index (χ1) is 14.1. The van der Waals surface area contributed by atoms with E-state index in [2.05, 4.69) is 6.07 Å². The Morgan fingerprint density at radius 3 is 2.62 bits per heavy atom. The first-order valence-corrected chi connectivity index (χ1v) is 10.1. The Hall–Kier alpha value is -3.00. The highest BCUT2D eigenvalue weighted by Gasteiger charge is 2.25. The van der Waals surface area contributed by atoms with Crippen molar-refractivity contribution in [1.29, 1.82) is 5.26 Å². The monoisotopic (exact) mass is 392 g/mol. The van der Waals surface area contributed by atoms with Gasteiger partial charge in [-0.15, -0.1) is 0 Å². The van der Waals surface area contributed by atoms with Gasteiger partial charge in [-0.25, -0.2) is 4.39 Å². The van der Waals surface area contributed by atoms with E-state index in [1.807, 2.05) is 13.0 Å². The summed E-state index contributed by atoms with van der Waals surface area (Å²) in [6, 6.07) is 11.8. The van der Waals surface area contributed by atoms with E-state index >= 15 is 0 Å². The molecule has 0 saturated carbocycles. The molecule has 1 amide bonds. The highest BCUT2D eigenvalue weighted by Crippen LogP contribution is 2.28. The van der Waals surface area contributed by atoms with Gasteiger partial charge in [0.15, 0.2) is 0 Å². The molecule has 0 spiro atoms. The Morgan fingerprint density at radius 1 is 1.24 bits per heavy atom. The van der Waals surface area contributed by atoms with Crippen molar-refractivity contribution in [1.82, 2.24) is 4.90 Å². The Labute approximate surface area is 171 Å². The number of nitriles is 1. The van der Waals surface area contributed by atoms with Gasteiger partial charge in [-0.3, -0.25) is 4.79 Å². The van der Waals surface area contributed by atoms with Crippen LogP contribution in [0.15, 0.2) is 36.4 Å². The molecule has 1 atom stereocenters. The van der Waals surface area contributed by atoms with Crippen molar-refractivity contribution in [3.8, 4) is 6.07 Å². The van der Waals surface area contributed by atoms with Crippen LogP contribution in [0.3, 0.4) is 0 Å². The molecular weight excluding hydrogens is 367 g/mol. The molecule has 4 nitrogen and oxygen atoms in total. The van der Waals surface area contributed by atoms with Crippen LogP contribution in [-0.2, 0) is 17.6 Å². The second kappa shape index (κ2) is 9.47. The van der Waals surface area contributed by atoms with Crippen LogP contribution in [0.25, 0.3) is 0 Å². The van der Waals surface area contributed by atoms with Gasteiger partial charge in [0.2, 0.25) is 0 Å². The van der Waals surface area contributed by atoms with Crippen LogP contribution in [0.2, 0.25) is 0 Å². The number of halogens is 1. The molecule has 0 bridgehead atoms. The molecule has 0 saturated heterocycles. The van der Waals surface area contributed by atoms with Crippen LogP contribution in [0.1, 0.15) is 64.7 Å². The highest BCUT2D eigenvalue weighted by atomic mass is 19.1. The minimum absolute atomic E-state index is 0.110. The summed E-state index contributed by atoms with van der Waals surface area (Å²) in [6.07, 6.45) is 4.93. The van der Waals surface area contributed by atoms with Crippen molar-refractivity contribution in [2.75, 3.05) is 13.1 Å². The zero-order valence-corrected chi connectivity index (χ0v) is 16.7. The Bertz CT molecular complexity index is 931. The normalized spacial score (nSPS) is 13.8. The lowest BCUT2D eigenvalue weighted by Crippen LogP contribution is -2.35. The van der Waals surface area contributed by atoms with E-state index < -0.39 is 0 Å². The van der Waals surface area contributed by atoms with Crippen molar-refractivity contribution >= 4 is 12.2 Å². The number of aldehydes is 1. The predicted molar refractivity (Wildman–Crippen MR) is 109 cm³/mol. The summed E-state index contributed by atoms with van der Waals surface area (Å²) in [5.41, 5.74) is 4.08. The summed E-state index contributed by atoms with van der Waals surface area (Å²) in [5, 5.41) is 9.38. The smallest absolute Gasteiger partial charge is 0.254 e. The van der Waals surface area contributed by atoms with E-state index in [-0.39, 0.29) is 24.1 Å².